The number of hydrogen-bond acceptors (Lipinski definition) is 4. The van der Waals surface area contributed by atoms with Gasteiger partial charge in [-0.15, -0.1) is 0 Å². The number of carbonyl (C=O) groups is 1. The number of amides is 1. The fourth-order valence-electron chi connectivity index (χ4n) is 2.85. The van der Waals surface area contributed by atoms with Gasteiger partial charge in [0.2, 0.25) is 5.95 Å². The monoisotopic (exact) mass is 310 g/mol. The molecule has 1 amide bonds. The fraction of sp³-hybridized carbons (Fsp3) is 0.389. The molecule has 2 heterocycles. The van der Waals surface area contributed by atoms with E-state index in [0.29, 0.717) is 5.56 Å². The molecule has 3 rings (SSSR count). The van der Waals surface area contributed by atoms with Gasteiger partial charge in [-0.2, -0.15) is 0 Å². The van der Waals surface area contributed by atoms with Crippen molar-refractivity contribution in [3.8, 4) is 0 Å². The van der Waals surface area contributed by atoms with Gasteiger partial charge in [-0.05, 0) is 32.3 Å². The molecule has 1 aliphatic rings. The first-order valence-corrected chi connectivity index (χ1v) is 8.09. The zero-order valence-corrected chi connectivity index (χ0v) is 13.6. The minimum atomic E-state index is -0.133. The SMILES string of the molecule is Cc1nc(N2CCCC2)ncc1C(=O)NC(C)c1ccccc1. The van der Waals surface area contributed by atoms with Crippen LogP contribution in [0.15, 0.2) is 36.5 Å². The third-order valence-electron chi connectivity index (χ3n) is 4.25. The van der Waals surface area contributed by atoms with Crippen molar-refractivity contribution in [2.24, 2.45) is 0 Å². The van der Waals surface area contributed by atoms with Crippen LogP contribution >= 0.6 is 0 Å². The molecule has 120 valence electrons. The predicted molar refractivity (Wildman–Crippen MR) is 90.5 cm³/mol. The van der Waals surface area contributed by atoms with E-state index >= 15 is 0 Å². The van der Waals surface area contributed by atoms with Crippen LogP contribution in [0.25, 0.3) is 0 Å². The summed E-state index contributed by atoms with van der Waals surface area (Å²) >= 11 is 0. The maximum Gasteiger partial charge on any atom is 0.255 e. The Morgan fingerprint density at radius 2 is 1.91 bits per heavy atom. The first-order valence-electron chi connectivity index (χ1n) is 8.09. The second-order valence-corrected chi connectivity index (χ2v) is 5.97. The van der Waals surface area contributed by atoms with E-state index in [1.165, 1.54) is 12.8 Å². The highest BCUT2D eigenvalue weighted by atomic mass is 16.1. The van der Waals surface area contributed by atoms with Crippen LogP contribution in [0, 0.1) is 6.92 Å². The standard InChI is InChI=1S/C18H22N4O/c1-13(15-8-4-3-5-9-15)20-17(23)16-12-19-18(21-14(16)2)22-10-6-7-11-22/h3-5,8-9,12-13H,6-7,10-11H2,1-2H3,(H,20,23). The van der Waals surface area contributed by atoms with Crippen molar-refractivity contribution in [1.82, 2.24) is 15.3 Å². The molecule has 1 aromatic heterocycles. The summed E-state index contributed by atoms with van der Waals surface area (Å²) in [5.41, 5.74) is 2.34. The van der Waals surface area contributed by atoms with E-state index in [2.05, 4.69) is 20.2 Å². The molecular weight excluding hydrogens is 288 g/mol. The molecule has 0 aliphatic carbocycles. The fourth-order valence-corrected chi connectivity index (χ4v) is 2.85. The molecule has 5 heteroatoms. The highest BCUT2D eigenvalue weighted by Gasteiger charge is 2.19. The van der Waals surface area contributed by atoms with Crippen LogP contribution in [-0.4, -0.2) is 29.0 Å². The van der Waals surface area contributed by atoms with Gasteiger partial charge in [0.25, 0.3) is 5.91 Å². The number of aromatic nitrogens is 2. The average molecular weight is 310 g/mol. The van der Waals surface area contributed by atoms with E-state index in [1.54, 1.807) is 6.20 Å². The van der Waals surface area contributed by atoms with Crippen molar-refractivity contribution in [3.63, 3.8) is 0 Å². The quantitative estimate of drug-likeness (QED) is 0.943. The number of nitrogens with zero attached hydrogens (tertiary/aromatic N) is 3. The second-order valence-electron chi connectivity index (χ2n) is 5.97. The highest BCUT2D eigenvalue weighted by molar-refractivity contribution is 5.95. The molecule has 1 N–H and O–H groups in total. The number of carbonyl (C=O) groups excluding carboxylic acids is 1. The molecule has 1 atom stereocenters. The highest BCUT2D eigenvalue weighted by Crippen LogP contribution is 2.18. The lowest BCUT2D eigenvalue weighted by Crippen LogP contribution is -2.28. The predicted octanol–water partition coefficient (Wildman–Crippen LogP) is 2.88. The molecule has 0 radical (unpaired) electrons. The van der Waals surface area contributed by atoms with Crippen molar-refractivity contribution < 1.29 is 4.79 Å². The van der Waals surface area contributed by atoms with E-state index < -0.39 is 0 Å². The maximum atomic E-state index is 12.5. The van der Waals surface area contributed by atoms with Crippen LogP contribution in [0.2, 0.25) is 0 Å². The molecule has 1 aliphatic heterocycles. The Bertz CT molecular complexity index is 681. The lowest BCUT2D eigenvalue weighted by atomic mass is 10.1. The van der Waals surface area contributed by atoms with Gasteiger partial charge in [-0.1, -0.05) is 30.3 Å². The summed E-state index contributed by atoms with van der Waals surface area (Å²) in [4.78, 5) is 23.5. The molecule has 1 fully saturated rings. The molecule has 0 saturated carbocycles. The second kappa shape index (κ2) is 6.77. The van der Waals surface area contributed by atoms with Crippen molar-refractivity contribution in [2.75, 3.05) is 18.0 Å². The van der Waals surface area contributed by atoms with Gasteiger partial charge in [0.15, 0.2) is 0 Å². The Morgan fingerprint density at radius 3 is 2.57 bits per heavy atom. The van der Waals surface area contributed by atoms with Gasteiger partial charge >= 0.3 is 0 Å². The lowest BCUT2D eigenvalue weighted by Gasteiger charge is -2.17. The van der Waals surface area contributed by atoms with E-state index in [9.17, 15) is 4.79 Å². The van der Waals surface area contributed by atoms with Gasteiger partial charge in [-0.3, -0.25) is 4.79 Å². The molecular formula is C18H22N4O. The zero-order chi connectivity index (χ0) is 16.2. The van der Waals surface area contributed by atoms with Crippen LogP contribution in [0.3, 0.4) is 0 Å². The summed E-state index contributed by atoms with van der Waals surface area (Å²) in [5, 5.41) is 3.01. The summed E-state index contributed by atoms with van der Waals surface area (Å²) in [6.07, 6.45) is 4.00. The lowest BCUT2D eigenvalue weighted by molar-refractivity contribution is 0.0938. The minimum Gasteiger partial charge on any atom is -0.345 e. The number of hydrogen-bond donors (Lipinski definition) is 1. The number of nitrogens with one attached hydrogen (secondary N) is 1. The van der Waals surface area contributed by atoms with Crippen LogP contribution in [-0.2, 0) is 0 Å². The van der Waals surface area contributed by atoms with Gasteiger partial charge in [0, 0.05) is 19.3 Å². The first kappa shape index (κ1) is 15.5. The van der Waals surface area contributed by atoms with E-state index in [4.69, 9.17) is 0 Å². The Labute approximate surface area is 136 Å². The smallest absolute Gasteiger partial charge is 0.255 e. The van der Waals surface area contributed by atoms with Gasteiger partial charge in [-0.25, -0.2) is 9.97 Å². The van der Waals surface area contributed by atoms with Crippen molar-refractivity contribution in [2.45, 2.75) is 32.7 Å². The van der Waals surface area contributed by atoms with Crippen LogP contribution < -0.4 is 10.2 Å². The molecule has 1 saturated heterocycles. The largest absolute Gasteiger partial charge is 0.345 e. The molecule has 1 unspecified atom stereocenters. The summed E-state index contributed by atoms with van der Waals surface area (Å²) in [7, 11) is 0. The zero-order valence-electron chi connectivity index (χ0n) is 13.6. The Kier molecular flexibility index (Phi) is 4.55. The normalized spacial score (nSPS) is 15.5. The van der Waals surface area contributed by atoms with Crippen molar-refractivity contribution in [3.05, 3.63) is 53.3 Å². The summed E-state index contributed by atoms with van der Waals surface area (Å²) in [6, 6.07) is 9.86. The van der Waals surface area contributed by atoms with E-state index in [1.807, 2.05) is 44.2 Å². The van der Waals surface area contributed by atoms with Crippen molar-refractivity contribution in [1.29, 1.82) is 0 Å². The third-order valence-corrected chi connectivity index (χ3v) is 4.25. The van der Waals surface area contributed by atoms with Crippen LogP contribution in [0.1, 0.15) is 47.4 Å². The number of rotatable bonds is 4. The first-order chi connectivity index (χ1) is 11.1. The molecule has 2 aromatic rings. The number of aryl methyl sites for hydroxylation is 1. The average Bonchev–Trinajstić information content (AvgIpc) is 3.10. The minimum absolute atomic E-state index is 0.0543. The van der Waals surface area contributed by atoms with Crippen LogP contribution in [0.5, 0.6) is 0 Å². The van der Waals surface area contributed by atoms with Crippen molar-refractivity contribution >= 4 is 11.9 Å². The number of anilines is 1. The van der Waals surface area contributed by atoms with Gasteiger partial charge in [0.05, 0.1) is 17.3 Å². The van der Waals surface area contributed by atoms with Crippen LogP contribution in [0.4, 0.5) is 5.95 Å². The molecule has 23 heavy (non-hydrogen) atoms. The van der Waals surface area contributed by atoms with Gasteiger partial charge < -0.3 is 10.2 Å². The molecule has 1 aromatic carbocycles. The third kappa shape index (κ3) is 3.50. The number of benzene rings is 1. The Hall–Kier alpha value is -2.43. The molecule has 0 bridgehead atoms. The summed E-state index contributed by atoms with van der Waals surface area (Å²) < 4.78 is 0. The molecule has 0 spiro atoms. The topological polar surface area (TPSA) is 58.1 Å². The summed E-state index contributed by atoms with van der Waals surface area (Å²) in [6.45, 7) is 5.83. The Morgan fingerprint density at radius 1 is 1.22 bits per heavy atom. The van der Waals surface area contributed by atoms with E-state index in [0.717, 1.165) is 30.3 Å². The molecule has 5 nitrogen and oxygen atoms in total. The van der Waals surface area contributed by atoms with Gasteiger partial charge in [0.1, 0.15) is 0 Å². The Balaban J connectivity index is 1.72. The maximum absolute atomic E-state index is 12.5. The van der Waals surface area contributed by atoms with E-state index in [-0.39, 0.29) is 11.9 Å². The summed E-state index contributed by atoms with van der Waals surface area (Å²) in [5.74, 6) is 0.597.